The van der Waals surface area contributed by atoms with Crippen LogP contribution >= 0.6 is 0 Å². The number of likely N-dealkylation sites (N-methyl/N-ethyl adjacent to an activating group) is 1. The number of fused-ring (bicyclic) bond motifs is 1. The van der Waals surface area contributed by atoms with Gasteiger partial charge in [0.2, 0.25) is 18.4 Å². The maximum absolute atomic E-state index is 12.2. The molecule has 0 radical (unpaired) electrons. The Morgan fingerprint density at radius 3 is 2.80 bits per heavy atom. The van der Waals surface area contributed by atoms with E-state index in [1.165, 1.54) is 25.7 Å². The largest absolute Gasteiger partial charge is 0.492 e. The fourth-order valence-electron chi connectivity index (χ4n) is 3.03. The van der Waals surface area contributed by atoms with Gasteiger partial charge in [0.05, 0.1) is 13.3 Å². The van der Waals surface area contributed by atoms with Crippen molar-refractivity contribution in [2.24, 2.45) is 5.10 Å². The van der Waals surface area contributed by atoms with Gasteiger partial charge in [-0.05, 0) is 30.2 Å². The SMILES string of the molecule is CCC(=O)N(C)CCc1cc2c(c(OC)c1C=NNC(=O)c1ccncc1)OCO2. The van der Waals surface area contributed by atoms with E-state index in [9.17, 15) is 9.59 Å². The first-order valence-corrected chi connectivity index (χ1v) is 9.52. The Kier molecular flexibility index (Phi) is 6.84. The molecule has 1 N–H and O–H groups in total. The molecule has 2 heterocycles. The predicted octanol–water partition coefficient (Wildman–Crippen LogP) is 1.99. The molecule has 2 amide bonds. The Labute approximate surface area is 174 Å². The number of hydrazone groups is 1. The van der Waals surface area contributed by atoms with E-state index in [1.807, 2.05) is 13.0 Å². The number of nitrogens with zero attached hydrogens (tertiary/aromatic N) is 3. The smallest absolute Gasteiger partial charge is 0.271 e. The van der Waals surface area contributed by atoms with Crippen molar-refractivity contribution in [1.82, 2.24) is 15.3 Å². The number of methoxy groups -OCH3 is 1. The second-order valence-electron chi connectivity index (χ2n) is 6.57. The quantitative estimate of drug-likeness (QED) is 0.526. The minimum absolute atomic E-state index is 0.0579. The van der Waals surface area contributed by atoms with Gasteiger partial charge in [-0.15, -0.1) is 0 Å². The van der Waals surface area contributed by atoms with Crippen LogP contribution in [0.4, 0.5) is 0 Å². The number of nitrogens with one attached hydrogen (secondary N) is 1. The molecule has 9 nitrogen and oxygen atoms in total. The highest BCUT2D eigenvalue weighted by atomic mass is 16.7. The van der Waals surface area contributed by atoms with E-state index in [0.29, 0.717) is 47.8 Å². The number of benzene rings is 1. The second kappa shape index (κ2) is 9.73. The van der Waals surface area contributed by atoms with Gasteiger partial charge in [-0.3, -0.25) is 14.6 Å². The molecule has 0 unspecified atom stereocenters. The minimum atomic E-state index is -0.358. The van der Waals surface area contributed by atoms with E-state index in [-0.39, 0.29) is 18.6 Å². The summed E-state index contributed by atoms with van der Waals surface area (Å²) in [6.07, 6.45) is 5.57. The molecule has 0 atom stereocenters. The van der Waals surface area contributed by atoms with Crippen molar-refractivity contribution >= 4 is 18.0 Å². The van der Waals surface area contributed by atoms with Gasteiger partial charge in [0.25, 0.3) is 5.91 Å². The highest BCUT2D eigenvalue weighted by molar-refractivity contribution is 5.95. The number of carbonyl (C=O) groups excluding carboxylic acids is 2. The van der Waals surface area contributed by atoms with Crippen LogP contribution in [0, 0.1) is 0 Å². The third-order valence-electron chi connectivity index (χ3n) is 4.69. The second-order valence-corrected chi connectivity index (χ2v) is 6.57. The standard InChI is InChI=1S/C21H24N4O5/c1-4-18(26)25(2)10-7-15-11-17-20(30-13-29-17)19(28-3)16(15)12-23-24-21(27)14-5-8-22-9-6-14/h5-6,8-9,11-12H,4,7,10,13H2,1-3H3,(H,24,27). The van der Waals surface area contributed by atoms with Crippen LogP contribution < -0.4 is 19.6 Å². The molecule has 0 fully saturated rings. The molecule has 9 heteroatoms. The van der Waals surface area contributed by atoms with E-state index in [1.54, 1.807) is 24.1 Å². The van der Waals surface area contributed by atoms with Crippen molar-refractivity contribution in [2.75, 3.05) is 27.5 Å². The zero-order chi connectivity index (χ0) is 21.5. The zero-order valence-corrected chi connectivity index (χ0v) is 17.2. The maximum atomic E-state index is 12.2. The van der Waals surface area contributed by atoms with E-state index >= 15 is 0 Å². The number of hydrogen-bond acceptors (Lipinski definition) is 7. The number of carbonyl (C=O) groups is 2. The average molecular weight is 412 g/mol. The number of ether oxygens (including phenoxy) is 3. The topological polar surface area (TPSA) is 102 Å². The summed E-state index contributed by atoms with van der Waals surface area (Å²) in [5.41, 5.74) is 4.44. The number of rotatable bonds is 8. The third-order valence-corrected chi connectivity index (χ3v) is 4.69. The molecular weight excluding hydrogens is 388 g/mol. The summed E-state index contributed by atoms with van der Waals surface area (Å²) < 4.78 is 16.6. The maximum Gasteiger partial charge on any atom is 0.271 e. The average Bonchev–Trinajstić information content (AvgIpc) is 3.25. The van der Waals surface area contributed by atoms with E-state index in [0.717, 1.165) is 5.56 Å². The normalized spacial score (nSPS) is 12.1. The third kappa shape index (κ3) is 4.68. The Bertz CT molecular complexity index is 946. The first-order valence-electron chi connectivity index (χ1n) is 9.52. The van der Waals surface area contributed by atoms with Gasteiger partial charge < -0.3 is 19.1 Å². The molecule has 1 aliphatic rings. The van der Waals surface area contributed by atoms with Crippen LogP contribution in [0.15, 0.2) is 35.7 Å². The fraction of sp³-hybridized carbons (Fsp3) is 0.333. The minimum Gasteiger partial charge on any atom is -0.492 e. The molecule has 0 saturated heterocycles. The molecule has 30 heavy (non-hydrogen) atoms. The van der Waals surface area contributed by atoms with Crippen molar-refractivity contribution in [1.29, 1.82) is 0 Å². The van der Waals surface area contributed by atoms with Gasteiger partial charge in [-0.2, -0.15) is 5.10 Å². The van der Waals surface area contributed by atoms with Crippen molar-refractivity contribution in [3.63, 3.8) is 0 Å². The summed E-state index contributed by atoms with van der Waals surface area (Å²) in [5, 5.41) is 4.09. The Balaban J connectivity index is 1.85. The van der Waals surface area contributed by atoms with Gasteiger partial charge in [0.15, 0.2) is 11.5 Å². The first-order chi connectivity index (χ1) is 14.5. The fourth-order valence-corrected chi connectivity index (χ4v) is 3.03. The van der Waals surface area contributed by atoms with Crippen LogP contribution in [0.1, 0.15) is 34.8 Å². The van der Waals surface area contributed by atoms with Crippen LogP contribution in [0.25, 0.3) is 0 Å². The molecular formula is C21H24N4O5. The highest BCUT2D eigenvalue weighted by Gasteiger charge is 2.25. The molecule has 1 aromatic heterocycles. The number of amides is 2. The Hall–Kier alpha value is -3.62. The van der Waals surface area contributed by atoms with E-state index in [4.69, 9.17) is 14.2 Å². The molecule has 3 rings (SSSR count). The molecule has 0 spiro atoms. The van der Waals surface area contributed by atoms with Gasteiger partial charge in [-0.25, -0.2) is 5.43 Å². The molecule has 1 aromatic carbocycles. The summed E-state index contributed by atoms with van der Waals surface area (Å²) in [6.45, 7) is 2.43. The van der Waals surface area contributed by atoms with Crippen LogP contribution in [0.2, 0.25) is 0 Å². The Morgan fingerprint density at radius 1 is 1.33 bits per heavy atom. The van der Waals surface area contributed by atoms with Crippen LogP contribution in [-0.2, 0) is 11.2 Å². The van der Waals surface area contributed by atoms with Crippen LogP contribution in [-0.4, -0.2) is 55.4 Å². The number of pyridine rings is 1. The molecule has 158 valence electrons. The molecule has 2 aromatic rings. The lowest BCUT2D eigenvalue weighted by molar-refractivity contribution is -0.129. The van der Waals surface area contributed by atoms with Crippen molar-refractivity contribution < 1.29 is 23.8 Å². The summed E-state index contributed by atoms with van der Waals surface area (Å²) in [7, 11) is 3.29. The van der Waals surface area contributed by atoms with E-state index in [2.05, 4.69) is 15.5 Å². The van der Waals surface area contributed by atoms with Crippen LogP contribution in [0.3, 0.4) is 0 Å². The highest BCUT2D eigenvalue weighted by Crippen LogP contribution is 2.44. The summed E-state index contributed by atoms with van der Waals surface area (Å²) in [6, 6.07) is 5.04. The summed E-state index contributed by atoms with van der Waals surface area (Å²) in [4.78, 5) is 29.7. The van der Waals surface area contributed by atoms with Crippen LogP contribution in [0.5, 0.6) is 17.2 Å². The lowest BCUT2D eigenvalue weighted by atomic mass is 10.0. The van der Waals surface area contributed by atoms with Crippen molar-refractivity contribution in [3.05, 3.63) is 47.3 Å². The number of aromatic nitrogens is 1. The zero-order valence-electron chi connectivity index (χ0n) is 17.2. The van der Waals surface area contributed by atoms with Gasteiger partial charge in [0, 0.05) is 43.5 Å². The first kappa shape index (κ1) is 21.1. The Morgan fingerprint density at radius 2 is 2.10 bits per heavy atom. The van der Waals surface area contributed by atoms with Gasteiger partial charge in [0.1, 0.15) is 0 Å². The van der Waals surface area contributed by atoms with Gasteiger partial charge >= 0.3 is 0 Å². The molecule has 1 aliphatic heterocycles. The lowest BCUT2D eigenvalue weighted by Crippen LogP contribution is -2.28. The number of hydrogen-bond donors (Lipinski definition) is 1. The lowest BCUT2D eigenvalue weighted by Gasteiger charge is -2.18. The molecule has 0 bridgehead atoms. The monoisotopic (exact) mass is 412 g/mol. The molecule has 0 aliphatic carbocycles. The summed E-state index contributed by atoms with van der Waals surface area (Å²) >= 11 is 0. The van der Waals surface area contributed by atoms with E-state index < -0.39 is 0 Å². The summed E-state index contributed by atoms with van der Waals surface area (Å²) in [5.74, 6) is 1.22. The van der Waals surface area contributed by atoms with Gasteiger partial charge in [-0.1, -0.05) is 6.92 Å². The van der Waals surface area contributed by atoms with Crippen molar-refractivity contribution in [3.8, 4) is 17.2 Å². The predicted molar refractivity (Wildman–Crippen MR) is 110 cm³/mol. The van der Waals surface area contributed by atoms with Crippen molar-refractivity contribution in [2.45, 2.75) is 19.8 Å². The molecule has 0 saturated carbocycles.